The molecule has 1 aromatic heterocycles. The highest BCUT2D eigenvalue weighted by atomic mass is 79.9. The SMILES string of the molecule is NCC1CC(=O)N(c2nc(Cl)c(Br)cc2[N+](=O)[O-])C1. The second kappa shape index (κ2) is 5.40. The summed E-state index contributed by atoms with van der Waals surface area (Å²) in [5, 5.41) is 11.1. The number of aromatic nitrogens is 1. The van der Waals surface area contributed by atoms with E-state index in [2.05, 4.69) is 20.9 Å². The predicted octanol–water partition coefficient (Wildman–Crippen LogP) is 1.72. The number of hydrogen-bond donors (Lipinski definition) is 1. The Kier molecular flexibility index (Phi) is 4.02. The van der Waals surface area contributed by atoms with Crippen molar-refractivity contribution in [3.63, 3.8) is 0 Å². The quantitative estimate of drug-likeness (QED) is 0.508. The number of hydrogen-bond acceptors (Lipinski definition) is 5. The van der Waals surface area contributed by atoms with E-state index in [4.69, 9.17) is 17.3 Å². The summed E-state index contributed by atoms with van der Waals surface area (Å²) in [7, 11) is 0. The largest absolute Gasteiger partial charge is 0.330 e. The van der Waals surface area contributed by atoms with E-state index in [1.165, 1.54) is 11.0 Å². The number of nitrogens with two attached hydrogens (primary N) is 1. The molecule has 102 valence electrons. The van der Waals surface area contributed by atoms with E-state index in [0.29, 0.717) is 17.6 Å². The normalized spacial score (nSPS) is 19.0. The van der Waals surface area contributed by atoms with Crippen molar-refractivity contribution in [2.45, 2.75) is 6.42 Å². The zero-order chi connectivity index (χ0) is 14.2. The summed E-state index contributed by atoms with van der Waals surface area (Å²) in [6.45, 7) is 0.668. The fourth-order valence-electron chi connectivity index (χ4n) is 1.92. The first-order chi connectivity index (χ1) is 8.93. The third-order valence-corrected chi connectivity index (χ3v) is 4.01. The van der Waals surface area contributed by atoms with Gasteiger partial charge in [-0.15, -0.1) is 0 Å². The molecule has 1 amide bonds. The van der Waals surface area contributed by atoms with Gasteiger partial charge < -0.3 is 5.73 Å². The Morgan fingerprint density at radius 1 is 1.68 bits per heavy atom. The molecule has 1 unspecified atom stereocenters. The number of halogens is 2. The predicted molar refractivity (Wildman–Crippen MR) is 73.1 cm³/mol. The molecule has 2 heterocycles. The van der Waals surface area contributed by atoms with Crippen LogP contribution >= 0.6 is 27.5 Å². The van der Waals surface area contributed by atoms with Gasteiger partial charge in [0.1, 0.15) is 5.15 Å². The van der Waals surface area contributed by atoms with E-state index in [9.17, 15) is 14.9 Å². The number of nitrogens with zero attached hydrogens (tertiary/aromatic N) is 3. The van der Waals surface area contributed by atoms with Gasteiger partial charge in [-0.2, -0.15) is 0 Å². The Balaban J connectivity index is 2.47. The Morgan fingerprint density at radius 2 is 2.37 bits per heavy atom. The zero-order valence-corrected chi connectivity index (χ0v) is 12.0. The standard InChI is InChI=1S/C10H10BrClN4O3/c11-6-2-7(16(18)19)10(14-9(6)12)15-4-5(3-13)1-8(15)17/h2,5H,1,3-4,13H2. The van der Waals surface area contributed by atoms with Gasteiger partial charge in [-0.05, 0) is 28.4 Å². The Morgan fingerprint density at radius 3 is 2.89 bits per heavy atom. The van der Waals surface area contributed by atoms with Crippen LogP contribution in [0.4, 0.5) is 11.5 Å². The van der Waals surface area contributed by atoms with Crippen LogP contribution in [-0.4, -0.2) is 28.9 Å². The molecule has 0 bridgehead atoms. The summed E-state index contributed by atoms with van der Waals surface area (Å²) in [5.41, 5.74) is 5.26. The molecule has 2 N–H and O–H groups in total. The molecule has 0 aliphatic carbocycles. The van der Waals surface area contributed by atoms with E-state index < -0.39 is 4.92 Å². The van der Waals surface area contributed by atoms with Gasteiger partial charge in [0.15, 0.2) is 0 Å². The van der Waals surface area contributed by atoms with Crippen LogP contribution in [0.15, 0.2) is 10.5 Å². The lowest BCUT2D eigenvalue weighted by Gasteiger charge is -2.15. The van der Waals surface area contributed by atoms with Crippen LogP contribution in [0.25, 0.3) is 0 Å². The highest BCUT2D eigenvalue weighted by Crippen LogP contribution is 2.35. The van der Waals surface area contributed by atoms with Crippen LogP contribution in [0, 0.1) is 16.0 Å². The first-order valence-electron chi connectivity index (χ1n) is 5.45. The van der Waals surface area contributed by atoms with Gasteiger partial charge in [0.05, 0.1) is 9.40 Å². The van der Waals surface area contributed by atoms with E-state index in [0.717, 1.165) is 0 Å². The zero-order valence-electron chi connectivity index (χ0n) is 9.68. The van der Waals surface area contributed by atoms with Crippen LogP contribution in [0.3, 0.4) is 0 Å². The van der Waals surface area contributed by atoms with Crippen molar-refractivity contribution in [2.75, 3.05) is 18.0 Å². The second-order valence-corrected chi connectivity index (χ2v) is 5.38. The summed E-state index contributed by atoms with van der Waals surface area (Å²) in [6, 6.07) is 1.24. The van der Waals surface area contributed by atoms with Crippen molar-refractivity contribution >= 4 is 44.9 Å². The second-order valence-electron chi connectivity index (χ2n) is 4.17. The molecular weight excluding hydrogens is 339 g/mol. The van der Waals surface area contributed by atoms with Gasteiger partial charge >= 0.3 is 5.69 Å². The first-order valence-corrected chi connectivity index (χ1v) is 6.62. The maximum absolute atomic E-state index is 11.9. The third-order valence-electron chi connectivity index (χ3n) is 2.88. The molecule has 0 spiro atoms. The number of pyridine rings is 1. The van der Waals surface area contributed by atoms with Crippen LogP contribution in [0.5, 0.6) is 0 Å². The number of rotatable bonds is 3. The molecule has 1 saturated heterocycles. The van der Waals surface area contributed by atoms with Crippen LogP contribution in [0.1, 0.15) is 6.42 Å². The maximum Gasteiger partial charge on any atom is 0.313 e. The summed E-state index contributed by atoms with van der Waals surface area (Å²) in [6.07, 6.45) is 0.267. The van der Waals surface area contributed by atoms with E-state index >= 15 is 0 Å². The van der Waals surface area contributed by atoms with Gasteiger partial charge in [-0.25, -0.2) is 4.98 Å². The van der Waals surface area contributed by atoms with Gasteiger partial charge in [-0.1, -0.05) is 11.6 Å². The molecule has 9 heteroatoms. The minimum atomic E-state index is -0.591. The van der Waals surface area contributed by atoms with Crippen molar-refractivity contribution in [1.29, 1.82) is 0 Å². The highest BCUT2D eigenvalue weighted by molar-refractivity contribution is 9.10. The summed E-state index contributed by atoms with van der Waals surface area (Å²) < 4.78 is 0.312. The molecule has 19 heavy (non-hydrogen) atoms. The highest BCUT2D eigenvalue weighted by Gasteiger charge is 2.35. The van der Waals surface area contributed by atoms with Crippen molar-refractivity contribution in [3.05, 3.63) is 25.8 Å². The average molecular weight is 350 g/mol. The first kappa shape index (κ1) is 14.2. The van der Waals surface area contributed by atoms with Crippen molar-refractivity contribution in [3.8, 4) is 0 Å². The molecular formula is C10H10BrClN4O3. The maximum atomic E-state index is 11.9. The molecule has 1 atom stereocenters. The summed E-state index contributed by atoms with van der Waals surface area (Å²) in [4.78, 5) is 27.5. The Bertz CT molecular complexity index is 554. The van der Waals surface area contributed by atoms with Gasteiger partial charge in [0, 0.05) is 19.0 Å². The fraction of sp³-hybridized carbons (Fsp3) is 0.400. The molecule has 2 rings (SSSR count). The molecule has 1 aliphatic heterocycles. The van der Waals surface area contributed by atoms with Crippen LogP contribution < -0.4 is 10.6 Å². The van der Waals surface area contributed by atoms with Crippen molar-refractivity contribution in [2.24, 2.45) is 11.7 Å². The molecule has 7 nitrogen and oxygen atoms in total. The Labute approximate surface area is 122 Å². The van der Waals surface area contributed by atoms with E-state index in [1.807, 2.05) is 0 Å². The number of carbonyl (C=O) groups is 1. The number of amides is 1. The van der Waals surface area contributed by atoms with Crippen molar-refractivity contribution in [1.82, 2.24) is 4.98 Å². The van der Waals surface area contributed by atoms with Gasteiger partial charge in [0.2, 0.25) is 11.7 Å². The minimum Gasteiger partial charge on any atom is -0.330 e. The number of nitro groups is 1. The van der Waals surface area contributed by atoms with Gasteiger partial charge in [0.25, 0.3) is 0 Å². The lowest BCUT2D eigenvalue weighted by molar-refractivity contribution is -0.384. The van der Waals surface area contributed by atoms with E-state index in [-0.39, 0.29) is 34.9 Å². The molecule has 0 saturated carbocycles. The lowest BCUT2D eigenvalue weighted by atomic mass is 10.1. The fourth-order valence-corrected chi connectivity index (χ4v) is 2.37. The topological polar surface area (TPSA) is 102 Å². The van der Waals surface area contributed by atoms with Crippen molar-refractivity contribution < 1.29 is 9.72 Å². The summed E-state index contributed by atoms with van der Waals surface area (Å²) >= 11 is 8.92. The number of carbonyl (C=O) groups excluding carboxylic acids is 1. The van der Waals surface area contributed by atoms with Crippen LogP contribution in [0.2, 0.25) is 5.15 Å². The van der Waals surface area contributed by atoms with Gasteiger partial charge in [-0.3, -0.25) is 19.8 Å². The molecule has 0 aromatic carbocycles. The molecule has 1 aromatic rings. The average Bonchev–Trinajstić information content (AvgIpc) is 2.73. The lowest BCUT2D eigenvalue weighted by Crippen LogP contribution is -2.27. The minimum absolute atomic E-state index is 0.0173. The number of anilines is 1. The monoisotopic (exact) mass is 348 g/mol. The Hall–Kier alpha value is -1.25. The van der Waals surface area contributed by atoms with Crippen LogP contribution in [-0.2, 0) is 4.79 Å². The van der Waals surface area contributed by atoms with E-state index in [1.54, 1.807) is 0 Å². The smallest absolute Gasteiger partial charge is 0.313 e. The third kappa shape index (κ3) is 2.70. The molecule has 0 radical (unpaired) electrons. The molecule has 1 aliphatic rings. The molecule has 1 fully saturated rings. The summed E-state index contributed by atoms with van der Waals surface area (Å²) in [5.74, 6) is -0.278.